The Labute approximate surface area is 229 Å². The summed E-state index contributed by atoms with van der Waals surface area (Å²) < 4.78 is 33.8. The van der Waals surface area contributed by atoms with Crippen LogP contribution >= 0.6 is 11.6 Å². The lowest BCUT2D eigenvalue weighted by molar-refractivity contribution is -0.141. The summed E-state index contributed by atoms with van der Waals surface area (Å²) >= 11 is 6.11. The lowest BCUT2D eigenvalue weighted by atomic mass is 9.66. The molecule has 0 radical (unpaired) electrons. The first kappa shape index (κ1) is 25.3. The Bertz CT molecular complexity index is 1410. The lowest BCUT2D eigenvalue weighted by Crippen LogP contribution is -2.36. The molecular formula is C27H26ClN3O8. The number of aromatic nitrogens is 2. The average molecular weight is 556 g/mol. The highest BCUT2D eigenvalue weighted by molar-refractivity contribution is 6.29. The maximum Gasteiger partial charge on any atom is 0.310 e. The van der Waals surface area contributed by atoms with E-state index in [0.717, 1.165) is 16.7 Å². The molecular weight excluding hydrogens is 530 g/mol. The molecule has 3 aliphatic rings. The second kappa shape index (κ2) is 9.97. The predicted octanol–water partition coefficient (Wildman–Crippen LogP) is 4.21. The van der Waals surface area contributed by atoms with Crippen LogP contribution in [0, 0.1) is 18.8 Å². The van der Waals surface area contributed by atoms with Crippen molar-refractivity contribution in [3.63, 3.8) is 0 Å². The number of hydrogen-bond acceptors (Lipinski definition) is 11. The molecule has 1 aliphatic carbocycles. The molecule has 3 heterocycles. The van der Waals surface area contributed by atoms with Crippen LogP contribution < -0.4 is 29.2 Å². The Kier molecular flexibility index (Phi) is 6.48. The van der Waals surface area contributed by atoms with Crippen LogP contribution in [0.4, 0.5) is 5.95 Å². The van der Waals surface area contributed by atoms with E-state index in [2.05, 4.69) is 15.4 Å². The molecule has 0 unspecified atom stereocenters. The molecule has 0 bridgehead atoms. The number of ether oxygens (including phenoxy) is 6. The number of benzene rings is 2. The predicted molar refractivity (Wildman–Crippen MR) is 138 cm³/mol. The Balaban J connectivity index is 1.49. The number of anilines is 1. The standard InChI is InChI=1S/C27H26ClN3O8/c1-12-5-21(28)30-27(29-12)31-39-24-15-9-18-17(37-11-38-18)8-14(15)22(23-16(24)10-36-26(23)32)13-6-19(33-2)25(35-4)20(7-13)34-3/h5-9,16,22-24H,10-11H2,1-4H3,(H,29,30,31)/t16-,22+,23-,24-/m0/s1. The van der Waals surface area contributed by atoms with Gasteiger partial charge in [0.25, 0.3) is 0 Å². The highest BCUT2D eigenvalue weighted by Gasteiger charge is 2.53. The molecule has 2 aromatic carbocycles. The molecule has 0 spiro atoms. The smallest absolute Gasteiger partial charge is 0.310 e. The molecule has 204 valence electrons. The van der Waals surface area contributed by atoms with E-state index >= 15 is 0 Å². The van der Waals surface area contributed by atoms with Crippen LogP contribution in [0.25, 0.3) is 0 Å². The van der Waals surface area contributed by atoms with Gasteiger partial charge in [-0.25, -0.2) is 10.5 Å². The van der Waals surface area contributed by atoms with E-state index < -0.39 is 17.9 Å². The van der Waals surface area contributed by atoms with Gasteiger partial charge in [0.05, 0.1) is 33.9 Å². The monoisotopic (exact) mass is 555 g/mol. The van der Waals surface area contributed by atoms with Crippen molar-refractivity contribution in [2.24, 2.45) is 11.8 Å². The van der Waals surface area contributed by atoms with Gasteiger partial charge >= 0.3 is 5.97 Å². The van der Waals surface area contributed by atoms with Gasteiger partial charge in [-0.2, -0.15) is 4.98 Å². The molecule has 1 aromatic heterocycles. The first-order chi connectivity index (χ1) is 18.9. The van der Waals surface area contributed by atoms with Crippen LogP contribution in [0.3, 0.4) is 0 Å². The molecule has 39 heavy (non-hydrogen) atoms. The fourth-order valence-corrected chi connectivity index (χ4v) is 5.87. The molecule has 0 amide bonds. The minimum atomic E-state index is -0.605. The van der Waals surface area contributed by atoms with E-state index in [1.54, 1.807) is 34.3 Å². The van der Waals surface area contributed by atoms with Crippen molar-refractivity contribution >= 4 is 23.5 Å². The zero-order chi connectivity index (χ0) is 27.3. The minimum Gasteiger partial charge on any atom is -0.493 e. The minimum absolute atomic E-state index is 0.0986. The number of hydrogen-bond donors (Lipinski definition) is 1. The number of carbonyl (C=O) groups is 1. The summed E-state index contributed by atoms with van der Waals surface area (Å²) in [5.41, 5.74) is 5.93. The topological polar surface area (TPSA) is 119 Å². The number of methoxy groups -OCH3 is 3. The number of carbonyl (C=O) groups excluding carboxylic acids is 1. The van der Waals surface area contributed by atoms with Crippen molar-refractivity contribution in [2.45, 2.75) is 18.9 Å². The summed E-state index contributed by atoms with van der Waals surface area (Å²) in [5.74, 6) is 1.11. The maximum absolute atomic E-state index is 13.3. The zero-order valence-corrected chi connectivity index (χ0v) is 22.4. The summed E-state index contributed by atoms with van der Waals surface area (Å²) in [5, 5.41) is 0.278. The molecule has 12 heteroatoms. The van der Waals surface area contributed by atoms with Gasteiger partial charge in [-0.05, 0) is 53.9 Å². The Morgan fingerprint density at radius 3 is 2.26 bits per heavy atom. The van der Waals surface area contributed by atoms with Gasteiger partial charge in [0.1, 0.15) is 11.3 Å². The number of cyclic esters (lactones) is 1. The van der Waals surface area contributed by atoms with Gasteiger partial charge in [0, 0.05) is 17.5 Å². The normalized spacial score (nSPS) is 22.5. The van der Waals surface area contributed by atoms with Crippen molar-refractivity contribution in [3.8, 4) is 28.7 Å². The van der Waals surface area contributed by atoms with Crippen LogP contribution in [0.5, 0.6) is 28.7 Å². The molecule has 11 nitrogen and oxygen atoms in total. The molecule has 0 saturated carbocycles. The van der Waals surface area contributed by atoms with E-state index in [1.807, 2.05) is 24.3 Å². The van der Waals surface area contributed by atoms with Crippen LogP contribution in [0.15, 0.2) is 30.3 Å². The van der Waals surface area contributed by atoms with Crippen molar-refractivity contribution in [1.82, 2.24) is 9.97 Å². The highest BCUT2D eigenvalue weighted by atomic mass is 35.5. The average Bonchev–Trinajstić information content (AvgIpc) is 3.54. The third kappa shape index (κ3) is 4.31. The van der Waals surface area contributed by atoms with Crippen LogP contribution in [0.2, 0.25) is 5.15 Å². The van der Waals surface area contributed by atoms with Gasteiger partial charge in [0.2, 0.25) is 18.5 Å². The Hall–Kier alpha value is -3.96. The number of nitrogens with zero attached hydrogens (tertiary/aromatic N) is 2. The molecule has 1 saturated heterocycles. The molecule has 4 atom stereocenters. The van der Waals surface area contributed by atoms with Gasteiger partial charge < -0.3 is 28.4 Å². The maximum atomic E-state index is 13.3. The quantitative estimate of drug-likeness (QED) is 0.256. The summed E-state index contributed by atoms with van der Waals surface area (Å²) in [4.78, 5) is 28.0. The van der Waals surface area contributed by atoms with E-state index in [4.69, 9.17) is 44.9 Å². The van der Waals surface area contributed by atoms with Crippen LogP contribution in [0.1, 0.15) is 34.4 Å². The summed E-state index contributed by atoms with van der Waals surface area (Å²) in [6, 6.07) is 9.13. The number of rotatable bonds is 7. The fraction of sp³-hybridized carbons (Fsp3) is 0.370. The third-order valence-corrected chi connectivity index (χ3v) is 7.46. The molecule has 1 N–H and O–H groups in total. The number of aryl methyl sites for hydroxylation is 1. The zero-order valence-electron chi connectivity index (χ0n) is 21.6. The summed E-state index contributed by atoms with van der Waals surface area (Å²) in [7, 11) is 4.65. The number of nitrogens with one attached hydrogen (secondary N) is 1. The second-order valence-electron chi connectivity index (χ2n) is 9.39. The first-order valence-corrected chi connectivity index (χ1v) is 12.6. The van der Waals surface area contributed by atoms with E-state index in [1.165, 1.54) is 0 Å². The van der Waals surface area contributed by atoms with Crippen LogP contribution in [-0.4, -0.2) is 50.7 Å². The van der Waals surface area contributed by atoms with Crippen LogP contribution in [-0.2, 0) is 14.4 Å². The van der Waals surface area contributed by atoms with Gasteiger partial charge in [0.15, 0.2) is 23.0 Å². The summed E-state index contributed by atoms with van der Waals surface area (Å²) in [6.45, 7) is 2.07. The molecule has 6 rings (SSSR count). The SMILES string of the molecule is COc1cc([C@@H]2c3cc4c(cc3[C@H](ONc3nc(C)cc(Cl)n3)[C@H]3COC(=O)[C@H]23)OCO4)cc(OC)c1OC. The number of esters is 1. The van der Waals surface area contributed by atoms with Gasteiger partial charge in [-0.15, -0.1) is 0 Å². The largest absolute Gasteiger partial charge is 0.493 e. The van der Waals surface area contributed by atoms with E-state index in [-0.39, 0.29) is 36.4 Å². The number of fused-ring (bicyclic) bond motifs is 3. The van der Waals surface area contributed by atoms with Crippen molar-refractivity contribution in [3.05, 3.63) is 57.9 Å². The van der Waals surface area contributed by atoms with Gasteiger partial charge in [-0.1, -0.05) is 11.6 Å². The first-order valence-electron chi connectivity index (χ1n) is 12.2. The van der Waals surface area contributed by atoms with E-state index in [0.29, 0.717) is 34.4 Å². The Morgan fingerprint density at radius 2 is 1.62 bits per heavy atom. The summed E-state index contributed by atoms with van der Waals surface area (Å²) in [6.07, 6.45) is -0.605. The number of halogens is 1. The highest BCUT2D eigenvalue weighted by Crippen LogP contribution is 2.56. The molecule has 3 aromatic rings. The van der Waals surface area contributed by atoms with Crippen molar-refractivity contribution in [2.75, 3.05) is 40.2 Å². The third-order valence-electron chi connectivity index (χ3n) is 7.27. The molecule has 2 aliphatic heterocycles. The Morgan fingerprint density at radius 1 is 0.923 bits per heavy atom. The van der Waals surface area contributed by atoms with Crippen molar-refractivity contribution in [1.29, 1.82) is 0 Å². The molecule has 1 fully saturated rings. The van der Waals surface area contributed by atoms with Gasteiger partial charge in [-0.3, -0.25) is 9.63 Å². The van der Waals surface area contributed by atoms with Crippen molar-refractivity contribution < 1.29 is 38.1 Å². The fourth-order valence-electron chi connectivity index (χ4n) is 5.64. The van der Waals surface area contributed by atoms with E-state index in [9.17, 15) is 4.79 Å². The lowest BCUT2D eigenvalue weighted by Gasteiger charge is -2.38. The second-order valence-corrected chi connectivity index (χ2v) is 9.77.